The van der Waals surface area contributed by atoms with Gasteiger partial charge in [0.25, 0.3) is 0 Å². The van der Waals surface area contributed by atoms with E-state index in [1.807, 2.05) is 0 Å². The number of hydrogen-bond donors (Lipinski definition) is 0. The van der Waals surface area contributed by atoms with Gasteiger partial charge in [0.05, 0.1) is 12.0 Å². The Bertz CT molecular complexity index is 835. The Balaban J connectivity index is 3.60. The van der Waals surface area contributed by atoms with Crippen molar-refractivity contribution < 1.29 is 61.8 Å². The van der Waals surface area contributed by atoms with E-state index in [9.17, 15) is 57.1 Å². The lowest BCUT2D eigenvalue weighted by molar-refractivity contribution is -0.441. The number of para-hydroxylation sites is 1. The fourth-order valence-corrected chi connectivity index (χ4v) is 2.92. The Morgan fingerprint density at radius 3 is 1.52 bits per heavy atom. The molecule has 0 saturated carbocycles. The molecule has 1 aromatic carbocycles. The summed E-state index contributed by atoms with van der Waals surface area (Å²) < 4.78 is 179. The van der Waals surface area contributed by atoms with Crippen molar-refractivity contribution in [3.63, 3.8) is 0 Å². The monoisotopic (exact) mass is 511 g/mol. The van der Waals surface area contributed by atoms with Crippen LogP contribution in [0.5, 0.6) is 0 Å². The number of hydrogen-bond acceptors (Lipinski definition) is 2. The third-order valence-corrected chi connectivity index (χ3v) is 4.96. The minimum Gasteiger partial charge on any atom is -0.377 e. The van der Waals surface area contributed by atoms with Crippen molar-refractivity contribution in [2.45, 2.75) is 54.7 Å². The molecule has 1 atom stereocenters. The van der Waals surface area contributed by atoms with E-state index in [0.717, 1.165) is 6.07 Å². The second-order valence-electron chi connectivity index (χ2n) is 7.52. The van der Waals surface area contributed by atoms with Gasteiger partial charge in [-0.1, -0.05) is 18.2 Å². The molecule has 0 heterocycles. The molecular formula is C18H18F13NO. The largest absolute Gasteiger partial charge is 0.460 e. The molecule has 0 aromatic heterocycles. The van der Waals surface area contributed by atoms with Crippen LogP contribution >= 0.6 is 0 Å². The highest BCUT2D eigenvalue weighted by atomic mass is 19.4. The molecule has 0 bridgehead atoms. The summed E-state index contributed by atoms with van der Waals surface area (Å²) in [5.74, 6) is -37.2. The van der Waals surface area contributed by atoms with Gasteiger partial charge in [0, 0.05) is 32.5 Å². The van der Waals surface area contributed by atoms with Crippen molar-refractivity contribution in [3.05, 3.63) is 29.8 Å². The Morgan fingerprint density at radius 2 is 1.12 bits per heavy atom. The van der Waals surface area contributed by atoms with Crippen LogP contribution in [0.25, 0.3) is 0 Å². The zero-order chi connectivity index (χ0) is 26.5. The number of methoxy groups -OCH3 is 1. The highest BCUT2D eigenvalue weighted by Gasteiger charge is 2.90. The van der Waals surface area contributed by atoms with Crippen LogP contribution in [0, 0.1) is 0 Å². The third-order valence-electron chi connectivity index (χ3n) is 4.96. The molecule has 1 unspecified atom stereocenters. The molecule has 0 spiro atoms. The molecule has 0 fully saturated rings. The maximum atomic E-state index is 14.4. The van der Waals surface area contributed by atoms with E-state index >= 15 is 0 Å². The van der Waals surface area contributed by atoms with Gasteiger partial charge in [0.1, 0.15) is 0 Å². The van der Waals surface area contributed by atoms with Gasteiger partial charge in [0.2, 0.25) is 0 Å². The Kier molecular flexibility index (Phi) is 7.39. The van der Waals surface area contributed by atoms with E-state index in [-0.39, 0.29) is 11.3 Å². The minimum atomic E-state index is -7.93. The number of ether oxygens (including phenoxy) is 1. The summed E-state index contributed by atoms with van der Waals surface area (Å²) in [7, 11) is 3.43. The van der Waals surface area contributed by atoms with Crippen molar-refractivity contribution in [1.82, 2.24) is 0 Å². The number of alkyl halides is 13. The molecule has 0 aliphatic carbocycles. The van der Waals surface area contributed by atoms with Crippen LogP contribution in [0.4, 0.5) is 62.8 Å². The summed E-state index contributed by atoms with van der Waals surface area (Å²) in [4.78, 5) is 1.27. The van der Waals surface area contributed by atoms with Gasteiger partial charge in [-0.25, -0.2) is 0 Å². The molecule has 15 heteroatoms. The first kappa shape index (κ1) is 29.1. The fraction of sp³-hybridized carbons (Fsp3) is 0.667. The predicted octanol–water partition coefficient (Wildman–Crippen LogP) is 6.74. The molecule has 192 valence electrons. The van der Waals surface area contributed by atoms with Gasteiger partial charge in [-0.3, -0.25) is 0 Å². The first-order valence-corrected chi connectivity index (χ1v) is 8.72. The summed E-state index contributed by atoms with van der Waals surface area (Å²) >= 11 is 0. The van der Waals surface area contributed by atoms with Crippen molar-refractivity contribution in [2.75, 3.05) is 26.1 Å². The molecule has 0 N–H and O–H groups in total. The average molecular weight is 511 g/mol. The fourth-order valence-electron chi connectivity index (χ4n) is 2.92. The zero-order valence-electron chi connectivity index (χ0n) is 17.3. The third kappa shape index (κ3) is 4.44. The Labute approximate surface area is 179 Å². The highest BCUT2D eigenvalue weighted by Crippen LogP contribution is 2.61. The van der Waals surface area contributed by atoms with Crippen LogP contribution < -0.4 is 4.90 Å². The second kappa shape index (κ2) is 8.38. The van der Waals surface area contributed by atoms with Gasteiger partial charge in [0.15, 0.2) is 0 Å². The van der Waals surface area contributed by atoms with E-state index < -0.39 is 47.8 Å². The maximum Gasteiger partial charge on any atom is 0.460 e. The predicted molar refractivity (Wildman–Crippen MR) is 90.5 cm³/mol. The topological polar surface area (TPSA) is 12.5 Å². The van der Waals surface area contributed by atoms with Crippen molar-refractivity contribution in [1.29, 1.82) is 0 Å². The van der Waals surface area contributed by atoms with Crippen LogP contribution in [0.1, 0.15) is 18.9 Å². The Hall–Kier alpha value is -1.93. The lowest BCUT2D eigenvalue weighted by Gasteiger charge is -2.42. The summed E-state index contributed by atoms with van der Waals surface area (Å²) in [6, 6.07) is 4.91. The number of anilines is 1. The van der Waals surface area contributed by atoms with Gasteiger partial charge in [-0.05, 0) is 13.0 Å². The molecule has 0 saturated heterocycles. The summed E-state index contributed by atoms with van der Waals surface area (Å²) in [5, 5.41) is 0. The van der Waals surface area contributed by atoms with Gasteiger partial charge >= 0.3 is 35.8 Å². The number of nitrogens with zero attached hydrogens (tertiary/aromatic N) is 1. The van der Waals surface area contributed by atoms with Crippen molar-refractivity contribution in [2.24, 2.45) is 0 Å². The van der Waals surface area contributed by atoms with Gasteiger partial charge in [-0.15, -0.1) is 0 Å². The smallest absolute Gasteiger partial charge is 0.377 e. The maximum absolute atomic E-state index is 14.4. The van der Waals surface area contributed by atoms with E-state index in [2.05, 4.69) is 0 Å². The number of rotatable bonds is 9. The molecule has 1 rings (SSSR count). The lowest BCUT2D eigenvalue weighted by atomic mass is 9.83. The van der Waals surface area contributed by atoms with Crippen LogP contribution in [0.2, 0.25) is 0 Å². The van der Waals surface area contributed by atoms with Crippen LogP contribution in [0.3, 0.4) is 0 Å². The number of halogens is 13. The summed E-state index contributed by atoms with van der Waals surface area (Å²) in [6.07, 6.45) is -9.94. The normalized spacial score (nSPS) is 16.5. The van der Waals surface area contributed by atoms with Gasteiger partial charge < -0.3 is 9.64 Å². The summed E-state index contributed by atoms with van der Waals surface area (Å²) in [6.45, 7) is 0.694. The van der Waals surface area contributed by atoms with Crippen LogP contribution in [-0.2, 0) is 10.3 Å². The van der Waals surface area contributed by atoms with Crippen LogP contribution in [-0.4, -0.2) is 57.0 Å². The second-order valence-corrected chi connectivity index (χ2v) is 7.52. The quantitative estimate of drug-likeness (QED) is 0.341. The molecule has 33 heavy (non-hydrogen) atoms. The Morgan fingerprint density at radius 1 is 0.697 bits per heavy atom. The molecule has 0 aliphatic rings. The minimum absolute atomic E-state index is 0.0432. The highest BCUT2D eigenvalue weighted by molar-refractivity contribution is 5.55. The van der Waals surface area contributed by atoms with E-state index in [4.69, 9.17) is 4.74 Å². The van der Waals surface area contributed by atoms with Crippen molar-refractivity contribution in [3.8, 4) is 0 Å². The molecule has 0 aliphatic heterocycles. The first-order valence-electron chi connectivity index (χ1n) is 8.72. The van der Waals surface area contributed by atoms with E-state index in [1.165, 1.54) is 37.2 Å². The number of benzene rings is 1. The van der Waals surface area contributed by atoms with E-state index in [0.29, 0.717) is 14.0 Å². The zero-order valence-corrected chi connectivity index (χ0v) is 17.3. The van der Waals surface area contributed by atoms with Gasteiger partial charge in [-0.2, -0.15) is 57.1 Å². The van der Waals surface area contributed by atoms with Crippen LogP contribution in [0.15, 0.2) is 24.3 Å². The molecule has 2 nitrogen and oxygen atoms in total. The lowest BCUT2D eigenvalue weighted by Crippen LogP contribution is -2.70. The molecule has 1 aromatic rings. The van der Waals surface area contributed by atoms with Crippen molar-refractivity contribution >= 4 is 5.69 Å². The van der Waals surface area contributed by atoms with E-state index in [1.54, 1.807) is 0 Å². The molecule has 0 amide bonds. The molecular weight excluding hydrogens is 493 g/mol. The standard InChI is InChI=1S/C18H18F13NO/c1-12(33-4,10-7-5-6-8-11(10)32(2)3)9-13(19,20)14(21,22)15(23,24)16(25,26)17(27,28)18(29,30)31/h5-8H,9H2,1-4H3. The SMILES string of the molecule is COC(C)(CC(F)(F)C(F)(F)C(F)(F)C(F)(F)C(F)(F)C(F)(F)F)c1ccccc1N(C)C. The summed E-state index contributed by atoms with van der Waals surface area (Å²) in [5.41, 5.74) is -2.88. The average Bonchev–Trinajstić information content (AvgIpc) is 2.65. The molecule has 0 radical (unpaired) electrons. The first-order chi connectivity index (χ1) is 14.4.